The van der Waals surface area contributed by atoms with Crippen LogP contribution in [0.15, 0.2) is 0 Å². The van der Waals surface area contributed by atoms with Gasteiger partial charge in [0.05, 0.1) is 12.6 Å². The van der Waals surface area contributed by atoms with Crippen LogP contribution in [0.4, 0.5) is 0 Å². The zero-order chi connectivity index (χ0) is 12.8. The van der Waals surface area contributed by atoms with Crippen molar-refractivity contribution in [2.75, 3.05) is 33.2 Å². The predicted molar refractivity (Wildman–Crippen MR) is 68.8 cm³/mol. The monoisotopic (exact) mass is 242 g/mol. The molecule has 0 aromatic carbocycles. The molecule has 0 radical (unpaired) electrons. The van der Waals surface area contributed by atoms with Gasteiger partial charge in [-0.2, -0.15) is 0 Å². The molecule has 4 nitrogen and oxygen atoms in total. The summed E-state index contributed by atoms with van der Waals surface area (Å²) in [7, 11) is 1.82. The summed E-state index contributed by atoms with van der Waals surface area (Å²) < 4.78 is 0. The molecule has 1 N–H and O–H groups in total. The van der Waals surface area contributed by atoms with Gasteiger partial charge in [0.25, 0.3) is 0 Å². The molecule has 1 rings (SSSR count). The molecule has 1 aliphatic rings. The van der Waals surface area contributed by atoms with Crippen LogP contribution >= 0.6 is 0 Å². The summed E-state index contributed by atoms with van der Waals surface area (Å²) in [6.07, 6.45) is 2.72. The Bertz CT molecular complexity index is 236. The maximum atomic E-state index is 11.9. The topological polar surface area (TPSA) is 43.8 Å². The Morgan fingerprint density at radius 3 is 2.59 bits per heavy atom. The van der Waals surface area contributed by atoms with E-state index in [0.29, 0.717) is 19.5 Å². The minimum absolute atomic E-state index is 0.167. The van der Waals surface area contributed by atoms with Gasteiger partial charge in [-0.05, 0) is 45.2 Å². The van der Waals surface area contributed by atoms with Crippen LogP contribution in [-0.2, 0) is 4.79 Å². The lowest BCUT2D eigenvalue weighted by molar-refractivity contribution is -0.131. The molecule has 0 aliphatic carbocycles. The predicted octanol–water partition coefficient (Wildman–Crippen LogP) is 0.948. The lowest BCUT2D eigenvalue weighted by Gasteiger charge is -2.31. The quantitative estimate of drug-likeness (QED) is 0.780. The zero-order valence-electron chi connectivity index (χ0n) is 11.4. The number of piperidine rings is 1. The number of carbonyl (C=O) groups is 1. The Hall–Kier alpha value is -0.610. The Morgan fingerprint density at radius 2 is 2.06 bits per heavy atom. The number of carbonyl (C=O) groups excluding carboxylic acids is 1. The molecule has 4 heteroatoms. The Kier molecular flexibility index (Phi) is 5.92. The SMILES string of the molecule is CC(O)CCN(C)C(=O)CN1CCC(C)CC1. The van der Waals surface area contributed by atoms with E-state index in [9.17, 15) is 9.90 Å². The molecule has 0 spiro atoms. The van der Waals surface area contributed by atoms with Gasteiger partial charge in [-0.15, -0.1) is 0 Å². The van der Waals surface area contributed by atoms with Crippen LogP contribution in [-0.4, -0.2) is 60.1 Å². The van der Waals surface area contributed by atoms with Crippen molar-refractivity contribution in [3.63, 3.8) is 0 Å². The van der Waals surface area contributed by atoms with Crippen LogP contribution in [0.25, 0.3) is 0 Å². The molecule has 1 unspecified atom stereocenters. The van der Waals surface area contributed by atoms with E-state index in [1.807, 2.05) is 7.05 Å². The van der Waals surface area contributed by atoms with Gasteiger partial charge in [0.15, 0.2) is 0 Å². The summed E-state index contributed by atoms with van der Waals surface area (Å²) in [5, 5.41) is 9.19. The number of aliphatic hydroxyl groups excluding tert-OH is 1. The van der Waals surface area contributed by atoms with Crippen molar-refractivity contribution in [2.24, 2.45) is 5.92 Å². The number of likely N-dealkylation sites (N-methyl/N-ethyl adjacent to an activating group) is 1. The fourth-order valence-electron chi connectivity index (χ4n) is 2.04. The summed E-state index contributed by atoms with van der Waals surface area (Å²) >= 11 is 0. The second kappa shape index (κ2) is 6.97. The number of hydrogen-bond donors (Lipinski definition) is 1. The van der Waals surface area contributed by atoms with Gasteiger partial charge in [0, 0.05) is 13.6 Å². The van der Waals surface area contributed by atoms with Crippen molar-refractivity contribution in [3.8, 4) is 0 Å². The van der Waals surface area contributed by atoms with Crippen molar-refractivity contribution in [1.29, 1.82) is 0 Å². The summed E-state index contributed by atoms with van der Waals surface area (Å²) in [5.41, 5.74) is 0. The zero-order valence-corrected chi connectivity index (χ0v) is 11.4. The number of nitrogens with zero attached hydrogens (tertiary/aromatic N) is 2. The molecule has 0 saturated carbocycles. The standard InChI is InChI=1S/C13H26N2O2/c1-11-4-8-15(9-5-11)10-13(17)14(3)7-6-12(2)16/h11-12,16H,4-10H2,1-3H3. The molecular formula is C13H26N2O2. The van der Waals surface area contributed by atoms with Gasteiger partial charge in [-0.1, -0.05) is 6.92 Å². The molecule has 1 aliphatic heterocycles. The summed E-state index contributed by atoms with van der Waals surface area (Å²) in [6.45, 7) is 7.27. The molecule has 1 atom stereocenters. The molecule has 17 heavy (non-hydrogen) atoms. The highest BCUT2D eigenvalue weighted by Crippen LogP contribution is 2.15. The minimum atomic E-state index is -0.332. The van der Waals surface area contributed by atoms with E-state index in [0.717, 1.165) is 19.0 Å². The summed E-state index contributed by atoms with van der Waals surface area (Å²) in [5.74, 6) is 0.967. The van der Waals surface area contributed by atoms with Gasteiger partial charge < -0.3 is 10.0 Å². The summed E-state index contributed by atoms with van der Waals surface area (Å²) in [4.78, 5) is 15.9. The molecule has 0 aromatic heterocycles. The van der Waals surface area contributed by atoms with Crippen molar-refractivity contribution in [3.05, 3.63) is 0 Å². The highest BCUT2D eigenvalue weighted by molar-refractivity contribution is 5.77. The second-order valence-electron chi connectivity index (χ2n) is 5.41. The number of amides is 1. The molecule has 1 amide bonds. The Balaban J connectivity index is 2.23. The fraction of sp³-hybridized carbons (Fsp3) is 0.923. The average Bonchev–Trinajstić information content (AvgIpc) is 2.28. The third-order valence-electron chi connectivity index (χ3n) is 3.54. The molecule has 0 aromatic rings. The van der Waals surface area contributed by atoms with Gasteiger partial charge >= 0.3 is 0 Å². The maximum absolute atomic E-state index is 11.9. The lowest BCUT2D eigenvalue weighted by atomic mass is 9.99. The first-order chi connectivity index (χ1) is 7.99. The Morgan fingerprint density at radius 1 is 1.47 bits per heavy atom. The molecule has 1 saturated heterocycles. The minimum Gasteiger partial charge on any atom is -0.393 e. The third-order valence-corrected chi connectivity index (χ3v) is 3.54. The summed E-state index contributed by atoms with van der Waals surface area (Å²) in [6, 6.07) is 0. The van der Waals surface area contributed by atoms with Crippen LogP contribution in [0.3, 0.4) is 0 Å². The van der Waals surface area contributed by atoms with E-state index in [2.05, 4.69) is 11.8 Å². The smallest absolute Gasteiger partial charge is 0.236 e. The number of rotatable bonds is 5. The molecule has 1 heterocycles. The third kappa shape index (κ3) is 5.50. The largest absolute Gasteiger partial charge is 0.393 e. The van der Waals surface area contributed by atoms with Crippen LogP contribution in [0.2, 0.25) is 0 Å². The van der Waals surface area contributed by atoms with Gasteiger partial charge in [-0.3, -0.25) is 9.69 Å². The number of likely N-dealkylation sites (tertiary alicyclic amines) is 1. The second-order valence-corrected chi connectivity index (χ2v) is 5.41. The first kappa shape index (κ1) is 14.5. The molecule has 0 bridgehead atoms. The molecular weight excluding hydrogens is 216 g/mol. The highest BCUT2D eigenvalue weighted by Gasteiger charge is 2.19. The first-order valence-corrected chi connectivity index (χ1v) is 6.63. The van der Waals surface area contributed by atoms with Crippen molar-refractivity contribution >= 4 is 5.91 Å². The Labute approximate surface area is 105 Å². The van der Waals surface area contributed by atoms with Gasteiger partial charge in [0.1, 0.15) is 0 Å². The van der Waals surface area contributed by atoms with E-state index in [4.69, 9.17) is 0 Å². The van der Waals surface area contributed by atoms with E-state index in [1.165, 1.54) is 12.8 Å². The highest BCUT2D eigenvalue weighted by atomic mass is 16.3. The first-order valence-electron chi connectivity index (χ1n) is 6.63. The number of hydrogen-bond acceptors (Lipinski definition) is 3. The van der Waals surface area contributed by atoms with Crippen LogP contribution in [0.5, 0.6) is 0 Å². The average molecular weight is 242 g/mol. The van der Waals surface area contributed by atoms with Crippen LogP contribution in [0, 0.1) is 5.92 Å². The van der Waals surface area contributed by atoms with E-state index in [-0.39, 0.29) is 12.0 Å². The van der Waals surface area contributed by atoms with Crippen LogP contribution < -0.4 is 0 Å². The number of aliphatic hydroxyl groups is 1. The molecule has 1 fully saturated rings. The van der Waals surface area contributed by atoms with E-state index in [1.54, 1.807) is 11.8 Å². The van der Waals surface area contributed by atoms with Crippen molar-refractivity contribution in [2.45, 2.75) is 39.2 Å². The van der Waals surface area contributed by atoms with Crippen LogP contribution in [0.1, 0.15) is 33.1 Å². The molecule has 100 valence electrons. The van der Waals surface area contributed by atoms with E-state index < -0.39 is 0 Å². The van der Waals surface area contributed by atoms with Crippen molar-refractivity contribution in [1.82, 2.24) is 9.80 Å². The maximum Gasteiger partial charge on any atom is 0.236 e. The normalized spacial score (nSPS) is 20.2. The fourth-order valence-corrected chi connectivity index (χ4v) is 2.04. The van der Waals surface area contributed by atoms with Gasteiger partial charge in [0.2, 0.25) is 5.91 Å². The van der Waals surface area contributed by atoms with E-state index >= 15 is 0 Å². The van der Waals surface area contributed by atoms with Gasteiger partial charge in [-0.25, -0.2) is 0 Å². The van der Waals surface area contributed by atoms with Crippen molar-refractivity contribution < 1.29 is 9.90 Å². The lowest BCUT2D eigenvalue weighted by Crippen LogP contribution is -2.42.